The summed E-state index contributed by atoms with van der Waals surface area (Å²) >= 11 is 0.885. The number of carbonyl (C=O) groups is 3. The number of amides is 2. The van der Waals surface area contributed by atoms with Crippen LogP contribution in [0.5, 0.6) is 11.5 Å². The maximum absolute atomic E-state index is 12.9. The Morgan fingerprint density at radius 2 is 1.70 bits per heavy atom. The molecule has 4 rings (SSSR count). The molecule has 1 saturated heterocycles. The standard InChI is InChI=1S/C26H21NO5S/c1-17-8-10-18(11-9-17)16-27-24(28)23(33-26(27)30)15-19-12-13-21(31-2)22(14-19)32-25(29)20-6-4-3-5-7-20/h3-15H,16H2,1-2H3/b23-15-. The van der Waals surface area contributed by atoms with Crippen molar-refractivity contribution in [2.24, 2.45) is 0 Å². The van der Waals surface area contributed by atoms with Gasteiger partial charge in [0.25, 0.3) is 11.1 Å². The summed E-state index contributed by atoms with van der Waals surface area (Å²) in [7, 11) is 1.48. The van der Waals surface area contributed by atoms with Gasteiger partial charge in [-0.05, 0) is 60.2 Å². The minimum Gasteiger partial charge on any atom is -0.493 e. The Balaban J connectivity index is 1.55. The number of aryl methyl sites for hydroxylation is 1. The molecule has 0 bridgehead atoms. The molecule has 166 valence electrons. The van der Waals surface area contributed by atoms with Crippen LogP contribution < -0.4 is 9.47 Å². The highest BCUT2D eigenvalue weighted by molar-refractivity contribution is 8.18. The number of imide groups is 1. The van der Waals surface area contributed by atoms with Gasteiger partial charge in [-0.3, -0.25) is 14.5 Å². The predicted octanol–water partition coefficient (Wildman–Crippen LogP) is 5.46. The van der Waals surface area contributed by atoms with Crippen molar-refractivity contribution in [3.8, 4) is 11.5 Å². The number of carbonyl (C=O) groups excluding carboxylic acids is 3. The lowest BCUT2D eigenvalue weighted by atomic mass is 10.1. The first kappa shape index (κ1) is 22.4. The highest BCUT2D eigenvalue weighted by atomic mass is 32.2. The Morgan fingerprint density at radius 1 is 0.970 bits per heavy atom. The topological polar surface area (TPSA) is 72.9 Å². The van der Waals surface area contributed by atoms with Gasteiger partial charge in [0, 0.05) is 0 Å². The van der Waals surface area contributed by atoms with E-state index in [1.54, 1.807) is 48.5 Å². The number of methoxy groups -OCH3 is 1. The van der Waals surface area contributed by atoms with Crippen LogP contribution in [0, 0.1) is 6.92 Å². The molecule has 0 aliphatic carbocycles. The molecule has 3 aromatic carbocycles. The van der Waals surface area contributed by atoms with Crippen LogP contribution in [-0.4, -0.2) is 29.1 Å². The molecule has 0 unspecified atom stereocenters. The van der Waals surface area contributed by atoms with Crippen molar-refractivity contribution in [2.45, 2.75) is 13.5 Å². The molecule has 1 aliphatic heterocycles. The maximum Gasteiger partial charge on any atom is 0.343 e. The lowest BCUT2D eigenvalue weighted by molar-refractivity contribution is -0.123. The molecule has 0 N–H and O–H groups in total. The number of thioether (sulfide) groups is 1. The molecule has 0 spiro atoms. The van der Waals surface area contributed by atoms with Gasteiger partial charge >= 0.3 is 5.97 Å². The summed E-state index contributed by atoms with van der Waals surface area (Å²) in [5.74, 6) is -0.281. The third-order valence-corrected chi connectivity index (χ3v) is 5.94. The van der Waals surface area contributed by atoms with E-state index in [2.05, 4.69) is 0 Å². The van der Waals surface area contributed by atoms with Crippen LogP contribution in [-0.2, 0) is 11.3 Å². The largest absolute Gasteiger partial charge is 0.493 e. The van der Waals surface area contributed by atoms with Crippen LogP contribution in [0.2, 0.25) is 0 Å². The van der Waals surface area contributed by atoms with Crippen molar-refractivity contribution in [1.29, 1.82) is 0 Å². The van der Waals surface area contributed by atoms with E-state index in [1.807, 2.05) is 37.3 Å². The zero-order valence-electron chi connectivity index (χ0n) is 18.1. The van der Waals surface area contributed by atoms with Gasteiger partial charge < -0.3 is 9.47 Å². The fourth-order valence-corrected chi connectivity index (χ4v) is 4.10. The van der Waals surface area contributed by atoms with Crippen molar-refractivity contribution in [3.05, 3.63) is 100.0 Å². The van der Waals surface area contributed by atoms with Crippen LogP contribution in [0.4, 0.5) is 4.79 Å². The fourth-order valence-electron chi connectivity index (χ4n) is 3.26. The predicted molar refractivity (Wildman–Crippen MR) is 127 cm³/mol. The molecule has 1 fully saturated rings. The Hall–Kier alpha value is -3.84. The van der Waals surface area contributed by atoms with E-state index in [0.717, 1.165) is 22.9 Å². The molecular formula is C26H21NO5S. The number of benzene rings is 3. The number of hydrogen-bond acceptors (Lipinski definition) is 6. The lowest BCUT2D eigenvalue weighted by Crippen LogP contribution is -2.27. The van der Waals surface area contributed by atoms with Gasteiger partial charge in [0.15, 0.2) is 11.5 Å². The molecule has 3 aromatic rings. The Morgan fingerprint density at radius 3 is 2.39 bits per heavy atom. The molecule has 7 heteroatoms. The first-order valence-corrected chi connectivity index (χ1v) is 11.0. The monoisotopic (exact) mass is 459 g/mol. The van der Waals surface area contributed by atoms with Gasteiger partial charge in [-0.1, -0.05) is 54.1 Å². The Labute approximate surface area is 195 Å². The summed E-state index contributed by atoms with van der Waals surface area (Å²) < 4.78 is 10.8. The van der Waals surface area contributed by atoms with E-state index in [4.69, 9.17) is 9.47 Å². The normalized spacial score (nSPS) is 14.6. The number of hydrogen-bond donors (Lipinski definition) is 0. The molecule has 6 nitrogen and oxygen atoms in total. The summed E-state index contributed by atoms with van der Waals surface area (Å²) in [5.41, 5.74) is 2.99. The minimum absolute atomic E-state index is 0.213. The van der Waals surface area contributed by atoms with Crippen molar-refractivity contribution in [2.75, 3.05) is 7.11 Å². The van der Waals surface area contributed by atoms with E-state index >= 15 is 0 Å². The molecule has 33 heavy (non-hydrogen) atoms. The first-order chi connectivity index (χ1) is 15.9. The van der Waals surface area contributed by atoms with E-state index < -0.39 is 5.97 Å². The van der Waals surface area contributed by atoms with Crippen molar-refractivity contribution in [1.82, 2.24) is 4.90 Å². The third kappa shape index (κ3) is 5.15. The van der Waals surface area contributed by atoms with Crippen molar-refractivity contribution in [3.63, 3.8) is 0 Å². The fraction of sp³-hybridized carbons (Fsp3) is 0.115. The average Bonchev–Trinajstić information content (AvgIpc) is 3.08. The maximum atomic E-state index is 12.9. The van der Waals surface area contributed by atoms with Gasteiger partial charge in [-0.25, -0.2) is 4.79 Å². The van der Waals surface area contributed by atoms with Crippen LogP contribution >= 0.6 is 11.8 Å². The lowest BCUT2D eigenvalue weighted by Gasteiger charge is -2.12. The minimum atomic E-state index is -0.524. The van der Waals surface area contributed by atoms with Gasteiger partial charge in [-0.2, -0.15) is 0 Å². The zero-order valence-corrected chi connectivity index (χ0v) is 18.9. The summed E-state index contributed by atoms with van der Waals surface area (Å²) in [5, 5.41) is -0.323. The number of rotatable bonds is 6. The number of esters is 1. The van der Waals surface area contributed by atoms with E-state index in [1.165, 1.54) is 12.0 Å². The van der Waals surface area contributed by atoms with E-state index in [-0.39, 0.29) is 23.4 Å². The molecule has 0 radical (unpaired) electrons. The van der Waals surface area contributed by atoms with Crippen molar-refractivity contribution < 1.29 is 23.9 Å². The molecule has 1 heterocycles. The second-order valence-electron chi connectivity index (χ2n) is 7.42. The number of nitrogens with zero attached hydrogens (tertiary/aromatic N) is 1. The van der Waals surface area contributed by atoms with Gasteiger partial charge in [-0.15, -0.1) is 0 Å². The molecule has 2 amide bonds. The third-order valence-electron chi connectivity index (χ3n) is 5.03. The van der Waals surface area contributed by atoms with E-state index in [0.29, 0.717) is 21.8 Å². The van der Waals surface area contributed by atoms with Crippen LogP contribution in [0.1, 0.15) is 27.0 Å². The SMILES string of the molecule is COc1ccc(/C=C2\SC(=O)N(Cc3ccc(C)cc3)C2=O)cc1OC(=O)c1ccccc1. The average molecular weight is 460 g/mol. The van der Waals surface area contributed by atoms with Crippen LogP contribution in [0.25, 0.3) is 6.08 Å². The first-order valence-electron chi connectivity index (χ1n) is 10.2. The summed E-state index contributed by atoms with van der Waals surface area (Å²) in [6.07, 6.45) is 1.61. The second-order valence-corrected chi connectivity index (χ2v) is 8.41. The Bertz CT molecular complexity index is 1240. The summed E-state index contributed by atoms with van der Waals surface area (Å²) in [6, 6.07) is 21.3. The van der Waals surface area contributed by atoms with E-state index in [9.17, 15) is 14.4 Å². The quantitative estimate of drug-likeness (QED) is 0.277. The van der Waals surface area contributed by atoms with Crippen LogP contribution in [0.15, 0.2) is 77.7 Å². The van der Waals surface area contributed by atoms with Gasteiger partial charge in [0.2, 0.25) is 0 Å². The second kappa shape index (κ2) is 9.75. The van der Waals surface area contributed by atoms with Crippen molar-refractivity contribution >= 4 is 35.0 Å². The number of ether oxygens (including phenoxy) is 2. The van der Waals surface area contributed by atoms with Crippen LogP contribution in [0.3, 0.4) is 0 Å². The van der Waals surface area contributed by atoms with Gasteiger partial charge in [0.05, 0.1) is 24.1 Å². The summed E-state index contributed by atoms with van der Waals surface area (Å²) in [6.45, 7) is 2.19. The molecule has 0 aromatic heterocycles. The zero-order chi connectivity index (χ0) is 23.4. The highest BCUT2D eigenvalue weighted by Gasteiger charge is 2.35. The Kier molecular flexibility index (Phi) is 6.60. The smallest absolute Gasteiger partial charge is 0.343 e. The molecular weight excluding hydrogens is 438 g/mol. The molecule has 0 saturated carbocycles. The summed E-state index contributed by atoms with van der Waals surface area (Å²) in [4.78, 5) is 39.3. The van der Waals surface area contributed by atoms with Gasteiger partial charge in [0.1, 0.15) is 0 Å². The molecule has 1 aliphatic rings. The highest BCUT2D eigenvalue weighted by Crippen LogP contribution is 2.35. The molecule has 0 atom stereocenters.